The molecule has 0 spiro atoms. The highest BCUT2D eigenvalue weighted by Crippen LogP contribution is 2.18. The van der Waals surface area contributed by atoms with Gasteiger partial charge in [-0.2, -0.15) is 4.57 Å². The lowest BCUT2D eigenvalue weighted by Crippen LogP contribution is -2.36. The van der Waals surface area contributed by atoms with Gasteiger partial charge in [0, 0.05) is 34.9 Å². The number of nitrogens with zero attached hydrogens (tertiary/aromatic N) is 2. The second-order valence-corrected chi connectivity index (χ2v) is 9.19. The van der Waals surface area contributed by atoms with Gasteiger partial charge in [0.05, 0.1) is 11.1 Å². The predicted molar refractivity (Wildman–Crippen MR) is 143 cm³/mol. The molecule has 2 heterocycles. The minimum Gasteiger partial charge on any atom is -0.537 e. The lowest BCUT2D eigenvalue weighted by molar-refractivity contribution is -0.689. The van der Waals surface area contributed by atoms with Gasteiger partial charge in [-0.05, 0) is 44.2 Å². The summed E-state index contributed by atoms with van der Waals surface area (Å²) in [5, 5.41) is 11.9. The average Bonchev–Trinajstić information content (AvgIpc) is 2.88. The summed E-state index contributed by atoms with van der Waals surface area (Å²) in [5.74, 6) is 0.427. The second-order valence-electron chi connectivity index (χ2n) is 9.19. The topological polar surface area (TPSA) is 66.3 Å². The molecule has 6 nitrogen and oxygen atoms in total. The van der Waals surface area contributed by atoms with Gasteiger partial charge in [-0.25, -0.2) is 4.57 Å². The Labute approximate surface area is 218 Å². The van der Waals surface area contributed by atoms with Crippen LogP contribution in [0.1, 0.15) is 29.2 Å². The quantitative estimate of drug-likeness (QED) is 0.203. The van der Waals surface area contributed by atoms with E-state index in [4.69, 9.17) is 9.68 Å². The number of amides is 1. The lowest BCUT2D eigenvalue weighted by Gasteiger charge is -2.08. The van der Waals surface area contributed by atoms with Crippen molar-refractivity contribution in [3.05, 3.63) is 126 Å². The van der Waals surface area contributed by atoms with Crippen LogP contribution in [0, 0.1) is 6.92 Å². The van der Waals surface area contributed by atoms with Crippen LogP contribution in [-0.4, -0.2) is 18.6 Å². The first kappa shape index (κ1) is 25.9. The molecule has 7 heteroatoms. The Morgan fingerprint density at radius 3 is 2.41 bits per heavy atom. The van der Waals surface area contributed by atoms with Crippen LogP contribution in [0.25, 0.3) is 11.1 Å². The summed E-state index contributed by atoms with van der Waals surface area (Å²) in [4.78, 5) is 12.1. The maximum atomic E-state index is 12.1. The SMILES string of the molecule is C=C(C)C(=O)NCc1cc(-c2ccc[n+](Cc3cccc(O[B]O)c3)c2)c[n+](Cc2cccc(C)c2)c1. The molecule has 2 N–H and O–H groups in total. The molecule has 2 aromatic carbocycles. The molecule has 0 unspecified atom stereocenters. The molecule has 0 bridgehead atoms. The number of aryl methyl sites for hydroxylation is 1. The van der Waals surface area contributed by atoms with Crippen molar-refractivity contribution in [2.24, 2.45) is 0 Å². The first-order valence-corrected chi connectivity index (χ1v) is 12.1. The van der Waals surface area contributed by atoms with Gasteiger partial charge in [0.1, 0.15) is 5.75 Å². The fraction of sp³-hybridized carbons (Fsp3) is 0.167. The van der Waals surface area contributed by atoms with Crippen LogP contribution in [0.5, 0.6) is 5.75 Å². The highest BCUT2D eigenvalue weighted by atomic mass is 16.5. The third-order valence-corrected chi connectivity index (χ3v) is 5.91. The Hall–Kier alpha value is -4.23. The van der Waals surface area contributed by atoms with Crippen LogP contribution in [0.15, 0.2) is 104 Å². The van der Waals surface area contributed by atoms with E-state index in [1.54, 1.807) is 13.0 Å². The standard InChI is InChI=1S/C30H30BN3O3/c1-22(2)30(35)32-16-26-14-28(21-34(19-26)18-24-8-4-7-23(3)13-24)27-10-6-12-33(20-27)17-25-9-5-11-29(15-25)37-31-36/h4-15,19-21,36H,1,16-18H2,2-3H3/q+1/p+1. The van der Waals surface area contributed by atoms with Gasteiger partial charge in [0.2, 0.25) is 5.91 Å². The molecule has 0 aliphatic carbocycles. The Bertz CT molecular complexity index is 1420. The molecule has 185 valence electrons. The normalized spacial score (nSPS) is 10.6. The van der Waals surface area contributed by atoms with Crippen molar-refractivity contribution in [2.75, 3.05) is 0 Å². The molecular formula is C30H31BN3O3+2. The van der Waals surface area contributed by atoms with Crippen LogP contribution in [0.3, 0.4) is 0 Å². The van der Waals surface area contributed by atoms with Gasteiger partial charge in [-0.15, -0.1) is 0 Å². The van der Waals surface area contributed by atoms with Crippen LogP contribution in [0.4, 0.5) is 0 Å². The van der Waals surface area contributed by atoms with E-state index < -0.39 is 0 Å². The number of carbonyl (C=O) groups excluding carboxylic acids is 1. The zero-order valence-corrected chi connectivity index (χ0v) is 21.2. The monoisotopic (exact) mass is 492 g/mol. The van der Waals surface area contributed by atoms with Gasteiger partial charge >= 0.3 is 7.69 Å². The predicted octanol–water partition coefficient (Wildman–Crippen LogP) is 3.43. The van der Waals surface area contributed by atoms with E-state index in [-0.39, 0.29) is 5.91 Å². The van der Waals surface area contributed by atoms with E-state index in [1.165, 1.54) is 11.1 Å². The number of benzene rings is 2. The summed E-state index contributed by atoms with van der Waals surface area (Å²) < 4.78 is 9.37. The number of rotatable bonds is 10. The summed E-state index contributed by atoms with van der Waals surface area (Å²) in [7, 11) is 0.685. The van der Waals surface area contributed by atoms with E-state index in [1.807, 2.05) is 30.5 Å². The maximum Gasteiger partial charge on any atom is 0.569 e. The van der Waals surface area contributed by atoms with Gasteiger partial charge in [0.25, 0.3) is 0 Å². The van der Waals surface area contributed by atoms with Gasteiger partial charge in [-0.1, -0.05) is 42.5 Å². The fourth-order valence-corrected chi connectivity index (χ4v) is 4.18. The third kappa shape index (κ3) is 7.38. The van der Waals surface area contributed by atoms with E-state index in [2.05, 4.69) is 82.9 Å². The first-order chi connectivity index (χ1) is 17.9. The zero-order valence-electron chi connectivity index (χ0n) is 21.2. The van der Waals surface area contributed by atoms with Crippen molar-refractivity contribution in [3.63, 3.8) is 0 Å². The summed E-state index contributed by atoms with van der Waals surface area (Å²) in [6.45, 7) is 9.31. The third-order valence-electron chi connectivity index (χ3n) is 5.91. The number of hydrogen-bond acceptors (Lipinski definition) is 3. The Morgan fingerprint density at radius 1 is 0.919 bits per heavy atom. The molecule has 0 saturated heterocycles. The summed E-state index contributed by atoms with van der Waals surface area (Å²) in [6, 6.07) is 22.3. The molecular weight excluding hydrogens is 461 g/mol. The molecule has 0 atom stereocenters. The number of pyridine rings is 2. The number of hydrogen-bond donors (Lipinski definition) is 2. The number of nitrogens with one attached hydrogen (secondary N) is 1. The Kier molecular flexibility index (Phi) is 8.49. The van der Waals surface area contributed by atoms with Crippen molar-refractivity contribution in [1.29, 1.82) is 0 Å². The smallest absolute Gasteiger partial charge is 0.537 e. The van der Waals surface area contributed by atoms with Gasteiger partial charge < -0.3 is 15.0 Å². The molecule has 0 saturated carbocycles. The van der Waals surface area contributed by atoms with Crippen molar-refractivity contribution < 1.29 is 23.6 Å². The fourth-order valence-electron chi connectivity index (χ4n) is 4.18. The van der Waals surface area contributed by atoms with Gasteiger partial charge in [0.15, 0.2) is 37.9 Å². The highest BCUT2D eigenvalue weighted by molar-refractivity contribution is 6.17. The molecule has 1 radical (unpaired) electrons. The number of carbonyl (C=O) groups is 1. The zero-order chi connectivity index (χ0) is 26.2. The minimum absolute atomic E-state index is 0.154. The van der Waals surface area contributed by atoms with Crippen molar-refractivity contribution in [1.82, 2.24) is 5.32 Å². The van der Waals surface area contributed by atoms with E-state index >= 15 is 0 Å². The van der Waals surface area contributed by atoms with Crippen LogP contribution in [-0.2, 0) is 24.4 Å². The molecule has 1 amide bonds. The average molecular weight is 492 g/mol. The van der Waals surface area contributed by atoms with E-state index in [0.717, 1.165) is 28.8 Å². The number of aromatic nitrogens is 2. The summed E-state index contributed by atoms with van der Waals surface area (Å²) in [5.41, 5.74) is 7.08. The van der Waals surface area contributed by atoms with Crippen LogP contribution < -0.4 is 19.1 Å². The highest BCUT2D eigenvalue weighted by Gasteiger charge is 2.15. The van der Waals surface area contributed by atoms with Crippen LogP contribution >= 0.6 is 0 Å². The Balaban J connectivity index is 1.64. The maximum absolute atomic E-state index is 12.1. The molecule has 0 aliphatic heterocycles. The first-order valence-electron chi connectivity index (χ1n) is 12.1. The Morgan fingerprint density at radius 2 is 1.65 bits per heavy atom. The van der Waals surface area contributed by atoms with Crippen molar-refractivity contribution in [3.8, 4) is 16.9 Å². The second kappa shape index (κ2) is 12.1. The lowest BCUT2D eigenvalue weighted by atomic mass is 10.1. The summed E-state index contributed by atoms with van der Waals surface area (Å²) >= 11 is 0. The molecule has 4 rings (SSSR count). The molecule has 37 heavy (non-hydrogen) atoms. The van der Waals surface area contributed by atoms with Crippen LogP contribution in [0.2, 0.25) is 0 Å². The van der Waals surface area contributed by atoms with E-state index in [0.29, 0.717) is 32.1 Å². The largest absolute Gasteiger partial charge is 0.569 e. The molecule has 2 aromatic heterocycles. The van der Waals surface area contributed by atoms with Gasteiger partial charge in [-0.3, -0.25) is 4.79 Å². The molecule has 4 aromatic rings. The van der Waals surface area contributed by atoms with Crippen molar-refractivity contribution in [2.45, 2.75) is 33.5 Å². The molecule has 0 aliphatic rings. The van der Waals surface area contributed by atoms with E-state index in [9.17, 15) is 4.79 Å². The molecule has 0 fully saturated rings. The van der Waals surface area contributed by atoms with Crippen molar-refractivity contribution >= 4 is 13.6 Å². The minimum atomic E-state index is -0.154. The summed E-state index contributed by atoms with van der Waals surface area (Å²) in [6.07, 6.45) is 8.34.